The SMILES string of the molecule is CCCOc1ccc(S(=O)(=O)NCC2CCN(S(=O)(=O)C3CC3)CC2)cc1. The summed E-state index contributed by atoms with van der Waals surface area (Å²) in [4.78, 5) is 0.208. The Morgan fingerprint density at radius 3 is 2.22 bits per heavy atom. The van der Waals surface area contributed by atoms with Gasteiger partial charge in [0.15, 0.2) is 0 Å². The highest BCUT2D eigenvalue weighted by Gasteiger charge is 2.41. The van der Waals surface area contributed by atoms with E-state index < -0.39 is 20.0 Å². The van der Waals surface area contributed by atoms with E-state index >= 15 is 0 Å². The summed E-state index contributed by atoms with van der Waals surface area (Å²) in [5.74, 6) is 0.803. The van der Waals surface area contributed by atoms with E-state index in [1.165, 1.54) is 12.1 Å². The first-order valence-electron chi connectivity index (χ1n) is 9.54. The first kappa shape index (κ1) is 20.6. The van der Waals surface area contributed by atoms with Gasteiger partial charge in [0.25, 0.3) is 0 Å². The molecule has 0 atom stereocenters. The molecule has 0 amide bonds. The molecule has 2 fully saturated rings. The van der Waals surface area contributed by atoms with Crippen LogP contribution in [0.2, 0.25) is 0 Å². The zero-order valence-electron chi connectivity index (χ0n) is 15.6. The third-order valence-corrected chi connectivity index (χ3v) is 8.89. The van der Waals surface area contributed by atoms with Gasteiger partial charge in [0.1, 0.15) is 5.75 Å². The maximum atomic E-state index is 12.5. The van der Waals surface area contributed by atoms with Gasteiger partial charge in [-0.1, -0.05) is 6.92 Å². The van der Waals surface area contributed by atoms with Gasteiger partial charge in [-0.3, -0.25) is 0 Å². The van der Waals surface area contributed by atoms with E-state index in [1.807, 2.05) is 6.92 Å². The molecule has 0 bridgehead atoms. The number of nitrogens with zero attached hydrogens (tertiary/aromatic N) is 1. The lowest BCUT2D eigenvalue weighted by atomic mass is 9.99. The highest BCUT2D eigenvalue weighted by molar-refractivity contribution is 7.90. The zero-order valence-corrected chi connectivity index (χ0v) is 17.3. The van der Waals surface area contributed by atoms with Gasteiger partial charge in [0.2, 0.25) is 20.0 Å². The van der Waals surface area contributed by atoms with Gasteiger partial charge < -0.3 is 4.74 Å². The Morgan fingerprint density at radius 1 is 1.04 bits per heavy atom. The Balaban J connectivity index is 1.49. The van der Waals surface area contributed by atoms with E-state index in [9.17, 15) is 16.8 Å². The van der Waals surface area contributed by atoms with Crippen molar-refractivity contribution in [2.24, 2.45) is 5.92 Å². The molecule has 1 aromatic rings. The molecule has 152 valence electrons. The second kappa shape index (κ2) is 8.46. The van der Waals surface area contributed by atoms with Gasteiger partial charge in [0, 0.05) is 19.6 Å². The molecule has 3 rings (SSSR count). The monoisotopic (exact) mass is 416 g/mol. The van der Waals surface area contributed by atoms with E-state index in [-0.39, 0.29) is 16.1 Å². The van der Waals surface area contributed by atoms with Gasteiger partial charge in [0.05, 0.1) is 16.8 Å². The van der Waals surface area contributed by atoms with E-state index in [4.69, 9.17) is 4.74 Å². The molecule has 1 aliphatic carbocycles. The highest BCUT2D eigenvalue weighted by Crippen LogP contribution is 2.33. The molecule has 2 aliphatic rings. The van der Waals surface area contributed by atoms with Crippen molar-refractivity contribution in [1.82, 2.24) is 9.03 Å². The fourth-order valence-corrected chi connectivity index (χ4v) is 6.18. The standard InChI is InChI=1S/C18H28N2O5S2/c1-2-13-25-16-3-5-17(6-4-16)26(21,22)19-14-15-9-11-20(12-10-15)27(23,24)18-7-8-18/h3-6,15,18-19H,2,7-14H2,1H3. The van der Waals surface area contributed by atoms with Gasteiger partial charge in [-0.05, 0) is 62.3 Å². The summed E-state index contributed by atoms with van der Waals surface area (Å²) in [7, 11) is -6.71. The number of benzene rings is 1. The summed E-state index contributed by atoms with van der Waals surface area (Å²) in [5.41, 5.74) is 0. The molecule has 1 N–H and O–H groups in total. The molecule has 9 heteroatoms. The Bertz CT molecular complexity index is 825. The summed E-state index contributed by atoms with van der Waals surface area (Å²) in [6.07, 6.45) is 3.79. The minimum Gasteiger partial charge on any atom is -0.494 e. The van der Waals surface area contributed by atoms with Crippen molar-refractivity contribution in [2.75, 3.05) is 26.2 Å². The Hall–Kier alpha value is -1.16. The number of ether oxygens (including phenoxy) is 1. The van der Waals surface area contributed by atoms with Crippen LogP contribution in [-0.2, 0) is 20.0 Å². The fraction of sp³-hybridized carbons (Fsp3) is 0.667. The normalized spacial score (nSPS) is 19.9. The molecular weight excluding hydrogens is 388 g/mol. The van der Waals surface area contributed by atoms with Crippen LogP contribution in [-0.4, -0.2) is 52.6 Å². The molecule has 0 aromatic heterocycles. The third kappa shape index (κ3) is 5.22. The van der Waals surface area contributed by atoms with Crippen molar-refractivity contribution in [3.63, 3.8) is 0 Å². The smallest absolute Gasteiger partial charge is 0.240 e. The number of nitrogens with one attached hydrogen (secondary N) is 1. The van der Waals surface area contributed by atoms with Crippen LogP contribution in [0.1, 0.15) is 39.0 Å². The van der Waals surface area contributed by atoms with Crippen LogP contribution in [0, 0.1) is 5.92 Å². The summed E-state index contributed by atoms with van der Waals surface area (Å²) in [6.45, 7) is 3.89. The second-order valence-corrected chi connectivity index (χ2v) is 11.2. The average Bonchev–Trinajstić information content (AvgIpc) is 3.51. The maximum absolute atomic E-state index is 12.5. The van der Waals surface area contributed by atoms with Gasteiger partial charge in [-0.2, -0.15) is 0 Å². The highest BCUT2D eigenvalue weighted by atomic mass is 32.2. The Kier molecular flexibility index (Phi) is 6.45. The van der Waals surface area contributed by atoms with E-state index in [2.05, 4.69) is 4.72 Å². The number of piperidine rings is 1. The van der Waals surface area contributed by atoms with Crippen LogP contribution in [0.3, 0.4) is 0 Å². The van der Waals surface area contributed by atoms with E-state index in [0.717, 1.165) is 19.3 Å². The van der Waals surface area contributed by atoms with Gasteiger partial charge in [-0.25, -0.2) is 25.9 Å². The van der Waals surface area contributed by atoms with Crippen molar-refractivity contribution in [3.8, 4) is 5.75 Å². The van der Waals surface area contributed by atoms with Crippen molar-refractivity contribution >= 4 is 20.0 Å². The minimum absolute atomic E-state index is 0.151. The van der Waals surface area contributed by atoms with Gasteiger partial charge >= 0.3 is 0 Å². The van der Waals surface area contributed by atoms with E-state index in [1.54, 1.807) is 16.4 Å². The molecule has 0 unspecified atom stereocenters. The zero-order chi connectivity index (χ0) is 19.5. The molecule has 1 heterocycles. The van der Waals surface area contributed by atoms with Gasteiger partial charge in [-0.15, -0.1) is 0 Å². The largest absolute Gasteiger partial charge is 0.494 e. The lowest BCUT2D eigenvalue weighted by Crippen LogP contribution is -2.42. The predicted octanol–water partition coefficient (Wildman–Crippen LogP) is 1.96. The summed E-state index contributed by atoms with van der Waals surface area (Å²) >= 11 is 0. The lowest BCUT2D eigenvalue weighted by molar-refractivity contribution is 0.274. The number of sulfonamides is 2. The molecule has 7 nitrogen and oxygen atoms in total. The van der Waals surface area contributed by atoms with Crippen molar-refractivity contribution < 1.29 is 21.6 Å². The average molecular weight is 417 g/mol. The van der Waals surface area contributed by atoms with Crippen molar-refractivity contribution in [3.05, 3.63) is 24.3 Å². The molecular formula is C18H28N2O5S2. The molecule has 1 saturated carbocycles. The first-order valence-corrected chi connectivity index (χ1v) is 12.5. The van der Waals surface area contributed by atoms with Crippen LogP contribution in [0.15, 0.2) is 29.2 Å². The van der Waals surface area contributed by atoms with E-state index in [0.29, 0.717) is 44.8 Å². The molecule has 1 aliphatic heterocycles. The quantitative estimate of drug-likeness (QED) is 0.664. The molecule has 1 saturated heterocycles. The fourth-order valence-electron chi connectivity index (χ4n) is 3.19. The number of rotatable bonds is 9. The maximum Gasteiger partial charge on any atom is 0.240 e. The lowest BCUT2D eigenvalue weighted by Gasteiger charge is -2.31. The van der Waals surface area contributed by atoms with Crippen LogP contribution >= 0.6 is 0 Å². The Labute approximate surface area is 162 Å². The van der Waals surface area contributed by atoms with Crippen LogP contribution < -0.4 is 9.46 Å². The van der Waals surface area contributed by atoms with Crippen molar-refractivity contribution in [1.29, 1.82) is 0 Å². The third-order valence-electron chi connectivity index (χ3n) is 5.05. The molecule has 1 aromatic carbocycles. The predicted molar refractivity (Wildman–Crippen MR) is 104 cm³/mol. The minimum atomic E-state index is -3.58. The molecule has 27 heavy (non-hydrogen) atoms. The molecule has 0 spiro atoms. The van der Waals surface area contributed by atoms with Crippen LogP contribution in [0.5, 0.6) is 5.75 Å². The summed E-state index contributed by atoms with van der Waals surface area (Å²) < 4.78 is 59.1. The summed E-state index contributed by atoms with van der Waals surface area (Å²) in [5, 5.41) is -0.183. The molecule has 0 radical (unpaired) electrons. The van der Waals surface area contributed by atoms with Crippen LogP contribution in [0.25, 0.3) is 0 Å². The second-order valence-electron chi connectivity index (χ2n) is 7.26. The van der Waals surface area contributed by atoms with Crippen molar-refractivity contribution in [2.45, 2.75) is 49.2 Å². The Morgan fingerprint density at radius 2 is 1.67 bits per heavy atom. The number of hydrogen-bond donors (Lipinski definition) is 1. The number of hydrogen-bond acceptors (Lipinski definition) is 5. The van der Waals surface area contributed by atoms with Crippen LogP contribution in [0.4, 0.5) is 0 Å². The first-order chi connectivity index (χ1) is 12.8. The topological polar surface area (TPSA) is 92.8 Å². The summed E-state index contributed by atoms with van der Waals surface area (Å²) in [6, 6.07) is 6.40.